The molecule has 4 rings (SSSR count). The summed E-state index contributed by atoms with van der Waals surface area (Å²) in [5, 5.41) is 0.754. The highest BCUT2D eigenvalue weighted by Crippen LogP contribution is 2.36. The summed E-state index contributed by atoms with van der Waals surface area (Å²) < 4.78 is 92.5. The number of rotatable bonds is 7. The summed E-state index contributed by atoms with van der Waals surface area (Å²) in [4.78, 5) is 3.33. The number of fused-ring (bicyclic) bond motifs is 1. The second-order valence-corrected chi connectivity index (χ2v) is 9.44. The molecule has 0 saturated carbocycles. The number of benzene rings is 3. The molecule has 0 aliphatic carbocycles. The molecule has 0 aliphatic rings. The summed E-state index contributed by atoms with van der Waals surface area (Å²) in [6.45, 7) is 0. The fourth-order valence-corrected chi connectivity index (χ4v) is 5.09. The van der Waals surface area contributed by atoms with E-state index in [9.17, 15) is 26.0 Å². The summed E-state index contributed by atoms with van der Waals surface area (Å²) in [7, 11) is -1.70. The highest BCUT2D eigenvalue weighted by atomic mass is 32.2. The quantitative estimate of drug-likeness (QED) is 0.312. The van der Waals surface area contributed by atoms with Gasteiger partial charge >= 0.3 is 6.18 Å². The van der Waals surface area contributed by atoms with Gasteiger partial charge in [0.15, 0.2) is 11.5 Å². The smallest absolute Gasteiger partial charge is 0.417 e. The van der Waals surface area contributed by atoms with Gasteiger partial charge in [0, 0.05) is 17.6 Å². The van der Waals surface area contributed by atoms with E-state index in [1.807, 2.05) is 4.72 Å². The van der Waals surface area contributed by atoms with Gasteiger partial charge in [0.2, 0.25) is 0 Å². The number of halogens is 4. The first kappa shape index (κ1) is 25.2. The number of pyridine rings is 1. The molecule has 1 aromatic heterocycles. The zero-order valence-corrected chi connectivity index (χ0v) is 19.9. The van der Waals surface area contributed by atoms with Crippen LogP contribution in [-0.2, 0) is 22.6 Å². The maximum Gasteiger partial charge on any atom is 0.417 e. The van der Waals surface area contributed by atoms with Crippen molar-refractivity contribution in [2.45, 2.75) is 17.5 Å². The average Bonchev–Trinajstić information content (AvgIpc) is 2.84. The van der Waals surface area contributed by atoms with Gasteiger partial charge in [0.05, 0.1) is 35.9 Å². The Labute approximate surface area is 204 Å². The Morgan fingerprint density at radius 1 is 0.944 bits per heavy atom. The monoisotopic (exact) mass is 520 g/mol. The van der Waals surface area contributed by atoms with Crippen molar-refractivity contribution in [3.8, 4) is 11.5 Å². The molecule has 3 aromatic carbocycles. The number of hydrogen-bond acceptors (Lipinski definition) is 5. The first-order valence-corrected chi connectivity index (χ1v) is 12.0. The Kier molecular flexibility index (Phi) is 6.77. The molecule has 4 aromatic rings. The fraction of sp³-hybridized carbons (Fsp3) is 0.160. The molecule has 1 heterocycles. The van der Waals surface area contributed by atoms with Crippen LogP contribution in [0.5, 0.6) is 11.5 Å². The Hall–Kier alpha value is -3.86. The number of anilines is 1. The summed E-state index contributed by atoms with van der Waals surface area (Å²) in [5.74, 6) is 0.0666. The fourth-order valence-electron chi connectivity index (χ4n) is 3.79. The summed E-state index contributed by atoms with van der Waals surface area (Å²) in [6.07, 6.45) is -3.02. The molecule has 0 fully saturated rings. The molecular weight excluding hydrogens is 500 g/mol. The zero-order valence-electron chi connectivity index (χ0n) is 19.1. The van der Waals surface area contributed by atoms with Crippen molar-refractivity contribution >= 4 is 26.6 Å². The highest BCUT2D eigenvalue weighted by Gasteiger charge is 2.37. The van der Waals surface area contributed by atoms with E-state index in [2.05, 4.69) is 4.98 Å². The molecule has 0 radical (unpaired) electrons. The number of alkyl halides is 3. The zero-order chi connectivity index (χ0) is 26.1. The van der Waals surface area contributed by atoms with E-state index in [0.717, 1.165) is 35.2 Å². The summed E-state index contributed by atoms with van der Waals surface area (Å²) in [6, 6.07) is 12.7. The van der Waals surface area contributed by atoms with Gasteiger partial charge in [0.1, 0.15) is 5.82 Å². The predicted octanol–water partition coefficient (Wildman–Crippen LogP) is 5.80. The second kappa shape index (κ2) is 9.65. The molecule has 0 bridgehead atoms. The third kappa shape index (κ3) is 5.06. The maximum atomic E-state index is 14.9. The molecule has 0 spiro atoms. The van der Waals surface area contributed by atoms with Crippen LogP contribution in [0.15, 0.2) is 71.8 Å². The SMILES string of the molecule is COc1cc2nccc(Cc3ccc(NS(=O)(=O)c4ccccc4C(F)(F)F)c(F)c3)c2cc1OC. The standard InChI is InChI=1S/C25H20F4N2O4S/c1-34-22-13-17-16(9-10-30-21(17)14-23(22)35-2)11-15-7-8-20(19(26)12-15)31-36(32,33)24-6-4-3-5-18(24)25(27,28)29/h3-10,12-14,31H,11H2,1-2H3. The van der Waals surface area contributed by atoms with Crippen LogP contribution in [0.25, 0.3) is 10.9 Å². The summed E-state index contributed by atoms with van der Waals surface area (Å²) in [5.41, 5.74) is 0.132. The van der Waals surface area contributed by atoms with Crippen LogP contribution in [0.1, 0.15) is 16.7 Å². The van der Waals surface area contributed by atoms with Crippen molar-refractivity contribution in [2.24, 2.45) is 0 Å². The Bertz CT molecular complexity index is 1540. The van der Waals surface area contributed by atoms with Crippen LogP contribution in [-0.4, -0.2) is 27.6 Å². The van der Waals surface area contributed by atoms with Crippen molar-refractivity contribution < 1.29 is 35.5 Å². The number of ether oxygens (including phenoxy) is 2. The van der Waals surface area contributed by atoms with Crippen LogP contribution in [0.2, 0.25) is 0 Å². The minimum Gasteiger partial charge on any atom is -0.493 e. The van der Waals surface area contributed by atoms with Gasteiger partial charge in [-0.25, -0.2) is 12.8 Å². The average molecular weight is 521 g/mol. The Morgan fingerprint density at radius 2 is 1.64 bits per heavy atom. The number of nitrogens with zero attached hydrogens (tertiary/aromatic N) is 1. The Balaban J connectivity index is 1.64. The molecule has 0 aliphatic heterocycles. The van der Waals surface area contributed by atoms with Gasteiger partial charge in [-0.1, -0.05) is 18.2 Å². The van der Waals surface area contributed by atoms with Gasteiger partial charge < -0.3 is 9.47 Å². The van der Waals surface area contributed by atoms with E-state index in [1.54, 1.807) is 24.4 Å². The first-order chi connectivity index (χ1) is 17.0. The lowest BCUT2D eigenvalue weighted by molar-refractivity contribution is -0.139. The topological polar surface area (TPSA) is 77.5 Å². The Morgan fingerprint density at radius 3 is 2.31 bits per heavy atom. The number of methoxy groups -OCH3 is 2. The molecule has 6 nitrogen and oxygen atoms in total. The molecule has 11 heteroatoms. The minimum absolute atomic E-state index is 0.273. The lowest BCUT2D eigenvalue weighted by Gasteiger charge is -2.15. The molecule has 0 atom stereocenters. The second-order valence-electron chi connectivity index (χ2n) is 7.78. The third-order valence-electron chi connectivity index (χ3n) is 5.49. The third-order valence-corrected chi connectivity index (χ3v) is 6.92. The number of nitrogens with one attached hydrogen (secondary N) is 1. The van der Waals surface area contributed by atoms with E-state index >= 15 is 0 Å². The van der Waals surface area contributed by atoms with Crippen molar-refractivity contribution in [2.75, 3.05) is 18.9 Å². The molecule has 0 saturated heterocycles. The van der Waals surface area contributed by atoms with E-state index < -0.39 is 38.2 Å². The van der Waals surface area contributed by atoms with Crippen LogP contribution in [0.4, 0.5) is 23.2 Å². The van der Waals surface area contributed by atoms with Crippen LogP contribution in [0, 0.1) is 5.82 Å². The van der Waals surface area contributed by atoms with Gasteiger partial charge in [-0.3, -0.25) is 9.71 Å². The predicted molar refractivity (Wildman–Crippen MR) is 126 cm³/mol. The van der Waals surface area contributed by atoms with Gasteiger partial charge in [-0.15, -0.1) is 0 Å². The maximum absolute atomic E-state index is 14.9. The van der Waals surface area contributed by atoms with E-state index in [0.29, 0.717) is 28.6 Å². The van der Waals surface area contributed by atoms with Crippen molar-refractivity contribution in [3.05, 3.63) is 89.4 Å². The lowest BCUT2D eigenvalue weighted by Crippen LogP contribution is -2.19. The van der Waals surface area contributed by atoms with Crippen molar-refractivity contribution in [1.29, 1.82) is 0 Å². The minimum atomic E-state index is -4.90. The van der Waals surface area contributed by atoms with Crippen LogP contribution < -0.4 is 14.2 Å². The number of aromatic nitrogens is 1. The van der Waals surface area contributed by atoms with Gasteiger partial charge in [-0.2, -0.15) is 13.2 Å². The normalized spacial score (nSPS) is 11.9. The molecule has 188 valence electrons. The molecule has 0 unspecified atom stereocenters. The molecule has 36 heavy (non-hydrogen) atoms. The summed E-state index contributed by atoms with van der Waals surface area (Å²) >= 11 is 0. The van der Waals surface area contributed by atoms with E-state index in [-0.39, 0.29) is 6.42 Å². The largest absolute Gasteiger partial charge is 0.493 e. The van der Waals surface area contributed by atoms with E-state index in [1.165, 1.54) is 26.4 Å². The van der Waals surface area contributed by atoms with Crippen LogP contribution in [0.3, 0.4) is 0 Å². The van der Waals surface area contributed by atoms with Crippen molar-refractivity contribution in [3.63, 3.8) is 0 Å². The van der Waals surface area contributed by atoms with E-state index in [4.69, 9.17) is 9.47 Å². The molecule has 1 N–H and O–H groups in total. The molecular formula is C25H20F4N2O4S. The first-order valence-electron chi connectivity index (χ1n) is 10.5. The highest BCUT2D eigenvalue weighted by molar-refractivity contribution is 7.92. The van der Waals surface area contributed by atoms with Crippen LogP contribution >= 0.6 is 0 Å². The number of hydrogen-bond donors (Lipinski definition) is 1. The van der Waals surface area contributed by atoms with Crippen molar-refractivity contribution in [1.82, 2.24) is 4.98 Å². The lowest BCUT2D eigenvalue weighted by atomic mass is 10.0. The van der Waals surface area contributed by atoms with Gasteiger partial charge in [0.25, 0.3) is 10.0 Å². The molecule has 0 amide bonds. The van der Waals surface area contributed by atoms with Gasteiger partial charge in [-0.05, 0) is 53.9 Å². The number of sulfonamides is 1.